The number of hydrogen-bond acceptors (Lipinski definition) is 2. The van der Waals surface area contributed by atoms with Crippen molar-refractivity contribution in [2.24, 2.45) is 0 Å². The maximum atomic E-state index is 6.00. The van der Waals surface area contributed by atoms with Crippen LogP contribution in [0.4, 0.5) is 17.1 Å². The van der Waals surface area contributed by atoms with Crippen LogP contribution in [0.1, 0.15) is 0 Å². The van der Waals surface area contributed by atoms with Gasteiger partial charge in [-0.1, -0.05) is 23.7 Å². The van der Waals surface area contributed by atoms with Crippen molar-refractivity contribution in [3.05, 3.63) is 52.0 Å². The number of nitrogens with two attached hydrogens (primary N) is 1. The molecule has 3 N–H and O–H groups in total. The lowest BCUT2D eigenvalue weighted by Crippen LogP contribution is -1.95. The van der Waals surface area contributed by atoms with Gasteiger partial charge in [0.1, 0.15) is 0 Å². The summed E-state index contributed by atoms with van der Waals surface area (Å²) in [7, 11) is 0. The van der Waals surface area contributed by atoms with Gasteiger partial charge >= 0.3 is 0 Å². The average Bonchev–Trinajstić information content (AvgIpc) is 2.27. The smallest absolute Gasteiger partial charge is 0.0617 e. The van der Waals surface area contributed by atoms with Gasteiger partial charge in [0.15, 0.2) is 0 Å². The number of rotatable bonds is 2. The summed E-state index contributed by atoms with van der Waals surface area (Å²) in [6.07, 6.45) is 0. The third-order valence-electron chi connectivity index (χ3n) is 2.16. The van der Waals surface area contributed by atoms with Gasteiger partial charge in [0.25, 0.3) is 0 Å². The topological polar surface area (TPSA) is 38.0 Å². The lowest BCUT2D eigenvalue weighted by Gasteiger charge is -2.09. The minimum Gasteiger partial charge on any atom is -0.397 e. The molecule has 0 atom stereocenters. The highest BCUT2D eigenvalue weighted by atomic mass is 79.9. The molecular formula is C12H10BrClN2. The number of benzene rings is 2. The summed E-state index contributed by atoms with van der Waals surface area (Å²) in [5, 5.41) is 3.88. The number of nitrogen functional groups attached to an aromatic ring is 1. The fourth-order valence-electron chi connectivity index (χ4n) is 1.34. The van der Waals surface area contributed by atoms with E-state index in [-0.39, 0.29) is 0 Å². The summed E-state index contributed by atoms with van der Waals surface area (Å²) in [5.41, 5.74) is 8.33. The molecule has 2 nitrogen and oxygen atoms in total. The van der Waals surface area contributed by atoms with E-state index in [1.165, 1.54) is 0 Å². The summed E-state index contributed by atoms with van der Waals surface area (Å²) in [6.45, 7) is 0. The normalized spacial score (nSPS) is 10.1. The second kappa shape index (κ2) is 4.76. The van der Waals surface area contributed by atoms with Crippen LogP contribution in [0.3, 0.4) is 0 Å². The monoisotopic (exact) mass is 296 g/mol. The van der Waals surface area contributed by atoms with Crippen molar-refractivity contribution in [3.63, 3.8) is 0 Å². The van der Waals surface area contributed by atoms with Gasteiger partial charge in [0, 0.05) is 10.2 Å². The Morgan fingerprint density at radius 2 is 1.88 bits per heavy atom. The second-order valence-corrected chi connectivity index (χ2v) is 4.60. The molecule has 0 aliphatic heterocycles. The summed E-state index contributed by atoms with van der Waals surface area (Å²) in [5.74, 6) is 0. The predicted octanol–water partition coefficient (Wildman–Crippen LogP) is 4.43. The van der Waals surface area contributed by atoms with Crippen molar-refractivity contribution in [2.45, 2.75) is 0 Å². The van der Waals surface area contributed by atoms with E-state index < -0.39 is 0 Å². The van der Waals surface area contributed by atoms with Gasteiger partial charge in [-0.3, -0.25) is 0 Å². The van der Waals surface area contributed by atoms with E-state index in [0.717, 1.165) is 15.8 Å². The highest BCUT2D eigenvalue weighted by Gasteiger charge is 2.01. The molecule has 0 heterocycles. The molecule has 0 bridgehead atoms. The maximum absolute atomic E-state index is 6.00. The molecule has 2 aromatic rings. The fourth-order valence-corrected chi connectivity index (χ4v) is 1.77. The highest BCUT2D eigenvalue weighted by molar-refractivity contribution is 9.10. The highest BCUT2D eigenvalue weighted by Crippen LogP contribution is 2.28. The first-order chi connectivity index (χ1) is 7.66. The number of para-hydroxylation sites is 2. The molecule has 0 unspecified atom stereocenters. The molecular weight excluding hydrogens is 288 g/mol. The third-order valence-corrected chi connectivity index (χ3v) is 3.39. The zero-order valence-electron chi connectivity index (χ0n) is 8.37. The minimum atomic E-state index is 0.666. The van der Waals surface area contributed by atoms with Gasteiger partial charge in [0.2, 0.25) is 0 Å². The van der Waals surface area contributed by atoms with Crippen LogP contribution in [-0.2, 0) is 0 Å². The van der Waals surface area contributed by atoms with Crippen molar-refractivity contribution in [3.8, 4) is 0 Å². The van der Waals surface area contributed by atoms with Gasteiger partial charge in [-0.25, -0.2) is 0 Å². The van der Waals surface area contributed by atoms with E-state index in [2.05, 4.69) is 21.2 Å². The molecule has 0 aromatic heterocycles. The lowest BCUT2D eigenvalue weighted by atomic mass is 10.2. The second-order valence-electron chi connectivity index (χ2n) is 3.34. The molecule has 0 saturated carbocycles. The van der Waals surface area contributed by atoms with E-state index in [0.29, 0.717) is 10.7 Å². The van der Waals surface area contributed by atoms with E-state index in [4.69, 9.17) is 17.3 Å². The quantitative estimate of drug-likeness (QED) is 0.805. The van der Waals surface area contributed by atoms with Crippen LogP contribution in [0.5, 0.6) is 0 Å². The molecule has 4 heteroatoms. The third kappa shape index (κ3) is 2.49. The molecule has 0 radical (unpaired) electrons. The van der Waals surface area contributed by atoms with Crippen molar-refractivity contribution in [1.82, 2.24) is 0 Å². The number of halogens is 2. The molecule has 0 spiro atoms. The van der Waals surface area contributed by atoms with Crippen LogP contribution < -0.4 is 11.1 Å². The van der Waals surface area contributed by atoms with E-state index in [1.54, 1.807) is 0 Å². The Kier molecular flexibility index (Phi) is 3.36. The number of hydrogen-bond donors (Lipinski definition) is 2. The Labute approximate surface area is 108 Å². The Morgan fingerprint density at radius 1 is 1.12 bits per heavy atom. The zero-order chi connectivity index (χ0) is 11.5. The van der Waals surface area contributed by atoms with E-state index >= 15 is 0 Å². The molecule has 0 fully saturated rings. The molecule has 0 aliphatic rings. The SMILES string of the molecule is Nc1ccccc1Nc1ccc(Br)c(Cl)c1. The van der Waals surface area contributed by atoms with Gasteiger partial charge in [-0.2, -0.15) is 0 Å². The molecule has 2 rings (SSSR count). The van der Waals surface area contributed by atoms with Crippen LogP contribution in [-0.4, -0.2) is 0 Å². The number of nitrogens with one attached hydrogen (secondary N) is 1. The van der Waals surface area contributed by atoms with Crippen molar-refractivity contribution >= 4 is 44.6 Å². The van der Waals surface area contributed by atoms with Crippen molar-refractivity contribution < 1.29 is 0 Å². The first-order valence-electron chi connectivity index (χ1n) is 4.73. The predicted molar refractivity (Wildman–Crippen MR) is 73.3 cm³/mol. The van der Waals surface area contributed by atoms with Gasteiger partial charge < -0.3 is 11.1 Å². The van der Waals surface area contributed by atoms with Crippen LogP contribution in [0.25, 0.3) is 0 Å². The Hall–Kier alpha value is -1.19. The maximum Gasteiger partial charge on any atom is 0.0617 e. The Bertz CT molecular complexity index is 514. The van der Waals surface area contributed by atoms with Crippen LogP contribution in [0.2, 0.25) is 5.02 Å². The van der Waals surface area contributed by atoms with Gasteiger partial charge in [0.05, 0.1) is 16.4 Å². The summed E-state index contributed by atoms with van der Waals surface area (Å²) in [4.78, 5) is 0. The molecule has 0 amide bonds. The molecule has 82 valence electrons. The summed E-state index contributed by atoms with van der Waals surface area (Å²) < 4.78 is 0.876. The minimum absolute atomic E-state index is 0.666. The van der Waals surface area contributed by atoms with Crippen molar-refractivity contribution in [2.75, 3.05) is 11.1 Å². The fraction of sp³-hybridized carbons (Fsp3) is 0. The van der Waals surface area contributed by atoms with E-state index in [1.807, 2.05) is 42.5 Å². The molecule has 0 aliphatic carbocycles. The lowest BCUT2D eigenvalue weighted by molar-refractivity contribution is 1.53. The van der Waals surface area contributed by atoms with E-state index in [9.17, 15) is 0 Å². The number of anilines is 3. The van der Waals surface area contributed by atoms with Crippen LogP contribution >= 0.6 is 27.5 Å². The first kappa shape index (κ1) is 11.3. The Morgan fingerprint density at radius 3 is 2.56 bits per heavy atom. The van der Waals surface area contributed by atoms with Gasteiger partial charge in [-0.05, 0) is 46.3 Å². The van der Waals surface area contributed by atoms with Gasteiger partial charge in [-0.15, -0.1) is 0 Å². The summed E-state index contributed by atoms with van der Waals surface area (Å²) in [6, 6.07) is 13.3. The molecule has 0 saturated heterocycles. The molecule has 2 aromatic carbocycles. The largest absolute Gasteiger partial charge is 0.397 e. The van der Waals surface area contributed by atoms with Crippen LogP contribution in [0, 0.1) is 0 Å². The molecule has 16 heavy (non-hydrogen) atoms. The zero-order valence-corrected chi connectivity index (χ0v) is 10.7. The van der Waals surface area contributed by atoms with Crippen molar-refractivity contribution in [1.29, 1.82) is 0 Å². The Balaban J connectivity index is 2.28. The van der Waals surface area contributed by atoms with Crippen LogP contribution in [0.15, 0.2) is 46.9 Å². The first-order valence-corrected chi connectivity index (χ1v) is 5.90. The standard InChI is InChI=1S/C12H10BrClN2/c13-9-6-5-8(7-10(9)14)16-12-4-2-1-3-11(12)15/h1-7,16H,15H2. The average molecular weight is 298 g/mol. The summed E-state index contributed by atoms with van der Waals surface area (Å²) >= 11 is 9.35.